The first-order valence-corrected chi connectivity index (χ1v) is 7.35. The summed E-state index contributed by atoms with van der Waals surface area (Å²) in [4.78, 5) is 11.1. The van der Waals surface area contributed by atoms with E-state index in [0.29, 0.717) is 23.9 Å². The number of carboxylic acid groups (broad SMARTS) is 1. The largest absolute Gasteiger partial charge is 0.478 e. The molecule has 0 radical (unpaired) electrons. The standard InChI is InChI=1S/C16H23NO3/c18-11-14-7-2-1-5-12(14)9-17-10-13-6-3-4-8-15(13)16(19)20/h3-4,6,8,12,14,17-18H,1-2,5,7,9-11H2,(H,19,20). The van der Waals surface area contributed by atoms with E-state index in [1.165, 1.54) is 12.8 Å². The van der Waals surface area contributed by atoms with Gasteiger partial charge in [0.25, 0.3) is 0 Å². The summed E-state index contributed by atoms with van der Waals surface area (Å²) in [6.45, 7) is 1.67. The highest BCUT2D eigenvalue weighted by Crippen LogP contribution is 2.29. The minimum atomic E-state index is -0.881. The fourth-order valence-corrected chi connectivity index (χ4v) is 3.07. The number of carbonyl (C=O) groups is 1. The van der Waals surface area contributed by atoms with Gasteiger partial charge in [-0.15, -0.1) is 0 Å². The minimum Gasteiger partial charge on any atom is -0.478 e. The second kappa shape index (κ2) is 7.41. The molecule has 0 spiro atoms. The Morgan fingerprint density at radius 1 is 1.20 bits per heavy atom. The van der Waals surface area contributed by atoms with Crippen molar-refractivity contribution in [2.75, 3.05) is 13.2 Å². The lowest BCUT2D eigenvalue weighted by molar-refractivity contribution is 0.0695. The number of nitrogens with one attached hydrogen (secondary N) is 1. The van der Waals surface area contributed by atoms with E-state index in [1.54, 1.807) is 12.1 Å². The van der Waals surface area contributed by atoms with Gasteiger partial charge in [-0.05, 0) is 42.9 Å². The zero-order chi connectivity index (χ0) is 14.4. The van der Waals surface area contributed by atoms with Gasteiger partial charge in [-0.1, -0.05) is 31.0 Å². The molecule has 0 bridgehead atoms. The monoisotopic (exact) mass is 277 g/mol. The van der Waals surface area contributed by atoms with Gasteiger partial charge >= 0.3 is 5.97 Å². The molecular weight excluding hydrogens is 254 g/mol. The van der Waals surface area contributed by atoms with E-state index in [2.05, 4.69) is 5.32 Å². The molecule has 2 rings (SSSR count). The van der Waals surface area contributed by atoms with Gasteiger partial charge in [0, 0.05) is 13.2 Å². The predicted molar refractivity (Wildman–Crippen MR) is 77.6 cm³/mol. The van der Waals surface area contributed by atoms with Crippen molar-refractivity contribution >= 4 is 5.97 Å². The Balaban J connectivity index is 1.88. The normalized spacial score (nSPS) is 22.6. The van der Waals surface area contributed by atoms with Gasteiger partial charge in [-0.3, -0.25) is 0 Å². The van der Waals surface area contributed by atoms with Crippen molar-refractivity contribution in [2.24, 2.45) is 11.8 Å². The molecule has 0 saturated heterocycles. The first-order chi connectivity index (χ1) is 9.72. The van der Waals surface area contributed by atoms with E-state index in [1.807, 2.05) is 12.1 Å². The minimum absolute atomic E-state index is 0.262. The van der Waals surface area contributed by atoms with Crippen LogP contribution in [0, 0.1) is 11.8 Å². The third kappa shape index (κ3) is 3.81. The van der Waals surface area contributed by atoms with E-state index >= 15 is 0 Å². The number of aromatic carboxylic acids is 1. The fourth-order valence-electron chi connectivity index (χ4n) is 3.07. The molecular formula is C16H23NO3. The van der Waals surface area contributed by atoms with Crippen molar-refractivity contribution in [1.29, 1.82) is 0 Å². The van der Waals surface area contributed by atoms with E-state index in [-0.39, 0.29) is 6.61 Å². The van der Waals surface area contributed by atoms with Gasteiger partial charge in [0.05, 0.1) is 5.56 Å². The van der Waals surface area contributed by atoms with Gasteiger partial charge in [0.1, 0.15) is 0 Å². The molecule has 0 amide bonds. The highest BCUT2D eigenvalue weighted by Gasteiger charge is 2.23. The predicted octanol–water partition coefficient (Wildman–Crippen LogP) is 2.27. The smallest absolute Gasteiger partial charge is 0.336 e. The first kappa shape index (κ1) is 15.0. The summed E-state index contributed by atoms with van der Waals surface area (Å²) >= 11 is 0. The summed E-state index contributed by atoms with van der Waals surface area (Å²) in [5, 5.41) is 21.9. The van der Waals surface area contributed by atoms with E-state index in [0.717, 1.165) is 24.9 Å². The van der Waals surface area contributed by atoms with Gasteiger partial charge in [0.15, 0.2) is 0 Å². The van der Waals surface area contributed by atoms with Crippen molar-refractivity contribution in [2.45, 2.75) is 32.2 Å². The number of rotatable bonds is 6. The van der Waals surface area contributed by atoms with Crippen molar-refractivity contribution in [3.8, 4) is 0 Å². The third-order valence-electron chi connectivity index (χ3n) is 4.27. The van der Waals surface area contributed by atoms with E-state index in [9.17, 15) is 9.90 Å². The average Bonchev–Trinajstić information content (AvgIpc) is 2.48. The second-order valence-electron chi connectivity index (χ2n) is 5.58. The molecule has 1 saturated carbocycles. The lowest BCUT2D eigenvalue weighted by atomic mass is 9.79. The lowest BCUT2D eigenvalue weighted by Gasteiger charge is -2.30. The summed E-state index contributed by atoms with van der Waals surface area (Å²) in [5.74, 6) is 0.0185. The number of hydrogen-bond donors (Lipinski definition) is 3. The second-order valence-corrected chi connectivity index (χ2v) is 5.58. The maximum absolute atomic E-state index is 11.1. The van der Waals surface area contributed by atoms with Crippen LogP contribution in [0.4, 0.5) is 0 Å². The Bertz CT molecular complexity index is 447. The maximum atomic E-state index is 11.1. The van der Waals surface area contributed by atoms with Gasteiger partial charge in [0.2, 0.25) is 0 Å². The van der Waals surface area contributed by atoms with Crippen LogP contribution in [0.25, 0.3) is 0 Å². The van der Waals surface area contributed by atoms with Crippen LogP contribution in [0.5, 0.6) is 0 Å². The van der Waals surface area contributed by atoms with Crippen LogP contribution in [0.15, 0.2) is 24.3 Å². The summed E-state index contributed by atoms with van der Waals surface area (Å²) in [6.07, 6.45) is 4.70. The topological polar surface area (TPSA) is 69.6 Å². The molecule has 0 aliphatic heterocycles. The first-order valence-electron chi connectivity index (χ1n) is 7.35. The Morgan fingerprint density at radius 2 is 1.90 bits per heavy atom. The van der Waals surface area contributed by atoms with Crippen LogP contribution in [-0.4, -0.2) is 29.3 Å². The molecule has 0 aromatic heterocycles. The van der Waals surface area contributed by atoms with Crippen LogP contribution < -0.4 is 5.32 Å². The van der Waals surface area contributed by atoms with Crippen LogP contribution >= 0.6 is 0 Å². The molecule has 0 heterocycles. The molecule has 3 N–H and O–H groups in total. The average molecular weight is 277 g/mol. The molecule has 110 valence electrons. The summed E-state index contributed by atoms with van der Waals surface area (Å²) in [7, 11) is 0. The summed E-state index contributed by atoms with van der Waals surface area (Å²) < 4.78 is 0. The van der Waals surface area contributed by atoms with Gasteiger partial charge in [-0.2, -0.15) is 0 Å². The van der Waals surface area contributed by atoms with Crippen molar-refractivity contribution in [3.05, 3.63) is 35.4 Å². The van der Waals surface area contributed by atoms with Crippen LogP contribution in [-0.2, 0) is 6.54 Å². The number of hydrogen-bond acceptors (Lipinski definition) is 3. The number of benzene rings is 1. The van der Waals surface area contributed by atoms with Gasteiger partial charge < -0.3 is 15.5 Å². The molecule has 4 nitrogen and oxygen atoms in total. The van der Waals surface area contributed by atoms with Crippen molar-refractivity contribution < 1.29 is 15.0 Å². The third-order valence-corrected chi connectivity index (χ3v) is 4.27. The van der Waals surface area contributed by atoms with Crippen LogP contribution in [0.2, 0.25) is 0 Å². The fraction of sp³-hybridized carbons (Fsp3) is 0.562. The molecule has 1 aromatic rings. The molecule has 1 fully saturated rings. The Morgan fingerprint density at radius 3 is 2.60 bits per heavy atom. The molecule has 1 aliphatic carbocycles. The lowest BCUT2D eigenvalue weighted by Crippen LogP contribution is -2.32. The quantitative estimate of drug-likeness (QED) is 0.746. The highest BCUT2D eigenvalue weighted by molar-refractivity contribution is 5.89. The van der Waals surface area contributed by atoms with Crippen LogP contribution in [0.3, 0.4) is 0 Å². The number of carboxylic acids is 1. The molecule has 4 heteroatoms. The van der Waals surface area contributed by atoms with Crippen LogP contribution in [0.1, 0.15) is 41.6 Å². The highest BCUT2D eigenvalue weighted by atomic mass is 16.4. The molecule has 20 heavy (non-hydrogen) atoms. The summed E-state index contributed by atoms with van der Waals surface area (Å²) in [5.41, 5.74) is 1.18. The SMILES string of the molecule is O=C(O)c1ccccc1CNCC1CCCCC1CO. The number of aliphatic hydroxyl groups is 1. The Kier molecular flexibility index (Phi) is 5.56. The molecule has 1 aliphatic rings. The zero-order valence-corrected chi connectivity index (χ0v) is 11.7. The molecule has 1 aromatic carbocycles. The molecule has 2 unspecified atom stereocenters. The van der Waals surface area contributed by atoms with Crippen molar-refractivity contribution in [1.82, 2.24) is 5.32 Å². The Hall–Kier alpha value is -1.39. The maximum Gasteiger partial charge on any atom is 0.336 e. The van der Waals surface area contributed by atoms with Gasteiger partial charge in [-0.25, -0.2) is 4.79 Å². The zero-order valence-electron chi connectivity index (χ0n) is 11.7. The van der Waals surface area contributed by atoms with Crippen molar-refractivity contribution in [3.63, 3.8) is 0 Å². The Labute approximate surface area is 119 Å². The van der Waals surface area contributed by atoms with E-state index in [4.69, 9.17) is 5.11 Å². The molecule has 2 atom stereocenters. The van der Waals surface area contributed by atoms with E-state index < -0.39 is 5.97 Å². The number of aliphatic hydroxyl groups excluding tert-OH is 1. The summed E-state index contributed by atoms with van der Waals surface area (Å²) in [6, 6.07) is 7.09.